The summed E-state index contributed by atoms with van der Waals surface area (Å²) in [5, 5.41) is 11.3. The molecule has 0 spiro atoms. The van der Waals surface area contributed by atoms with Gasteiger partial charge in [-0.3, -0.25) is 0 Å². The fraction of sp³-hybridized carbons (Fsp3) is 0.222. The van der Waals surface area contributed by atoms with Gasteiger partial charge in [-0.25, -0.2) is 0 Å². The van der Waals surface area contributed by atoms with E-state index in [1.807, 2.05) is 30.3 Å². The molecule has 25 heavy (non-hydrogen) atoms. The van der Waals surface area contributed by atoms with Crippen molar-refractivity contribution in [2.24, 2.45) is 4.99 Å². The average molecular weight is 364 g/mol. The van der Waals surface area contributed by atoms with Crippen LogP contribution in [-0.2, 0) is 12.8 Å². The molecule has 0 aliphatic heterocycles. The van der Waals surface area contributed by atoms with E-state index in [2.05, 4.69) is 4.99 Å². The summed E-state index contributed by atoms with van der Waals surface area (Å²) in [6.45, 7) is 0. The van der Waals surface area contributed by atoms with Crippen molar-refractivity contribution in [3.05, 3.63) is 65.2 Å². The van der Waals surface area contributed by atoms with Gasteiger partial charge in [-0.2, -0.15) is 17.6 Å². The maximum Gasteiger partial charge on any atom is 0.443 e. The van der Waals surface area contributed by atoms with Crippen LogP contribution in [0.15, 0.2) is 59.7 Å². The lowest BCUT2D eigenvalue weighted by atomic mass is 10.1. The molecule has 1 aromatic carbocycles. The zero-order valence-electron chi connectivity index (χ0n) is 13.2. The van der Waals surface area contributed by atoms with Crippen molar-refractivity contribution in [1.82, 2.24) is 0 Å². The third-order valence-corrected chi connectivity index (χ3v) is 4.86. The number of benzene rings is 1. The van der Waals surface area contributed by atoms with Crippen molar-refractivity contribution in [3.8, 4) is 0 Å². The smallest absolute Gasteiger partial charge is 0.443 e. The Balaban J connectivity index is 1.88. The van der Waals surface area contributed by atoms with Gasteiger partial charge in [0, 0.05) is 0 Å². The van der Waals surface area contributed by atoms with Gasteiger partial charge in [0.15, 0.2) is 10.7 Å². The topological polar surface area (TPSA) is 39.5 Å². The Bertz CT molecular complexity index is 888. The molecule has 2 heterocycles. The van der Waals surface area contributed by atoms with Gasteiger partial charge in [-0.15, -0.1) is 0 Å². The summed E-state index contributed by atoms with van der Waals surface area (Å²) in [6, 6.07) is 15.2. The molecular formula is C18H15F3N2OS. The van der Waals surface area contributed by atoms with Crippen LogP contribution < -0.4 is 9.51 Å². The van der Waals surface area contributed by atoms with Crippen molar-refractivity contribution in [2.45, 2.75) is 25.4 Å². The monoisotopic (exact) mass is 364 g/mol. The first-order valence-corrected chi connectivity index (χ1v) is 8.55. The van der Waals surface area contributed by atoms with Gasteiger partial charge in [0.2, 0.25) is 0 Å². The molecule has 0 atom stereocenters. The molecule has 3 rings (SSSR count). The molecule has 0 N–H and O–H groups in total. The van der Waals surface area contributed by atoms with Gasteiger partial charge >= 0.3 is 12.0 Å². The van der Waals surface area contributed by atoms with Crippen molar-refractivity contribution in [1.29, 1.82) is 0 Å². The summed E-state index contributed by atoms with van der Waals surface area (Å²) in [5.74, 6) is -2.00. The van der Waals surface area contributed by atoms with Gasteiger partial charge in [-0.1, -0.05) is 52.7 Å². The predicted octanol–water partition coefficient (Wildman–Crippen LogP) is 3.61. The molecular weight excluding hydrogens is 349 g/mol. The summed E-state index contributed by atoms with van der Waals surface area (Å²) in [4.78, 5) is 4.79. The highest BCUT2D eigenvalue weighted by molar-refractivity contribution is 7.17. The molecule has 0 bridgehead atoms. The first kappa shape index (κ1) is 17.4. The minimum absolute atomic E-state index is 0.0796. The van der Waals surface area contributed by atoms with Crippen LogP contribution in [-0.4, -0.2) is 12.1 Å². The van der Waals surface area contributed by atoms with Crippen LogP contribution in [0.1, 0.15) is 16.9 Å². The van der Waals surface area contributed by atoms with Crippen molar-refractivity contribution < 1.29 is 22.7 Å². The Labute approximate surface area is 146 Å². The van der Waals surface area contributed by atoms with E-state index in [4.69, 9.17) is 0 Å². The van der Waals surface area contributed by atoms with E-state index >= 15 is 0 Å². The Morgan fingerprint density at radius 3 is 2.48 bits per heavy atom. The maximum absolute atomic E-state index is 12.6. The molecule has 130 valence electrons. The number of alkyl halides is 3. The highest BCUT2D eigenvalue weighted by Gasteiger charge is 2.34. The predicted molar refractivity (Wildman–Crippen MR) is 89.1 cm³/mol. The molecule has 0 aliphatic rings. The van der Waals surface area contributed by atoms with Gasteiger partial charge in [0.25, 0.3) is 0 Å². The third kappa shape index (κ3) is 4.17. The van der Waals surface area contributed by atoms with Crippen LogP contribution in [0.3, 0.4) is 0 Å². The summed E-state index contributed by atoms with van der Waals surface area (Å²) in [7, 11) is 0. The number of rotatable bonds is 5. The molecule has 0 fully saturated rings. The number of pyridine rings is 1. The number of aliphatic imine (C=N–C) groups is 1. The average Bonchev–Trinajstić information content (AvgIpc) is 2.93. The Hall–Kier alpha value is -2.41. The number of hydrogen-bond acceptors (Lipinski definition) is 3. The van der Waals surface area contributed by atoms with Gasteiger partial charge in [-0.05, 0) is 37.0 Å². The van der Waals surface area contributed by atoms with Crippen molar-refractivity contribution in [2.75, 3.05) is 0 Å². The second-order valence-electron chi connectivity index (χ2n) is 5.51. The SMILES string of the molecule is [O-]/C(=N\c1c(CCCc2ccccc2)sc2cccc[n+]12)C(F)(F)F. The molecule has 2 aromatic heterocycles. The zero-order chi connectivity index (χ0) is 17.9. The number of aromatic nitrogens is 1. The molecule has 0 saturated heterocycles. The summed E-state index contributed by atoms with van der Waals surface area (Å²) >= 11 is 1.36. The normalized spacial score (nSPS) is 12.7. The fourth-order valence-electron chi connectivity index (χ4n) is 2.53. The Morgan fingerprint density at radius 1 is 1.04 bits per heavy atom. The lowest BCUT2D eigenvalue weighted by molar-refractivity contribution is -0.493. The number of thiazole rings is 1. The quantitative estimate of drug-likeness (QED) is 0.387. The van der Waals surface area contributed by atoms with Crippen LogP contribution in [0.5, 0.6) is 0 Å². The molecule has 3 nitrogen and oxygen atoms in total. The first-order valence-electron chi connectivity index (χ1n) is 7.74. The summed E-state index contributed by atoms with van der Waals surface area (Å²) in [6.07, 6.45) is -1.21. The second kappa shape index (κ2) is 7.23. The Morgan fingerprint density at radius 2 is 1.76 bits per heavy atom. The number of hydrogen-bond donors (Lipinski definition) is 0. The maximum atomic E-state index is 12.6. The van der Waals surface area contributed by atoms with E-state index in [-0.39, 0.29) is 5.82 Å². The van der Waals surface area contributed by atoms with Crippen LogP contribution in [0, 0.1) is 0 Å². The molecule has 0 radical (unpaired) electrons. The standard InChI is InChI=1S/C18H15F3N2OS/c19-18(20,21)17(24)22-16-14(25-15-11-4-5-12-23(15)16)10-6-9-13-7-2-1-3-8-13/h1-5,7-8,11-12H,6,9-10H2. The number of fused-ring (bicyclic) bond motifs is 1. The lowest BCUT2D eigenvalue weighted by Crippen LogP contribution is -2.35. The molecule has 0 aliphatic carbocycles. The van der Waals surface area contributed by atoms with E-state index in [0.717, 1.165) is 17.7 Å². The molecule has 7 heteroatoms. The molecule has 0 amide bonds. The fourth-order valence-corrected chi connectivity index (χ4v) is 3.65. The van der Waals surface area contributed by atoms with E-state index in [1.54, 1.807) is 24.4 Å². The first-order chi connectivity index (χ1) is 11.9. The second-order valence-corrected chi connectivity index (χ2v) is 6.63. The van der Waals surface area contributed by atoms with E-state index in [0.29, 0.717) is 11.3 Å². The highest BCUT2D eigenvalue weighted by atomic mass is 32.1. The zero-order valence-corrected chi connectivity index (χ0v) is 14.0. The van der Waals surface area contributed by atoms with Gasteiger partial charge in [0.1, 0.15) is 4.88 Å². The molecule has 0 saturated carbocycles. The van der Waals surface area contributed by atoms with E-state index < -0.39 is 12.1 Å². The number of halogens is 3. The molecule has 3 aromatic rings. The third-order valence-electron chi connectivity index (χ3n) is 3.69. The van der Waals surface area contributed by atoms with E-state index in [1.165, 1.54) is 21.3 Å². The van der Waals surface area contributed by atoms with Crippen LogP contribution in [0.2, 0.25) is 0 Å². The summed E-state index contributed by atoms with van der Waals surface area (Å²) < 4.78 is 39.3. The largest absolute Gasteiger partial charge is 0.836 e. The van der Waals surface area contributed by atoms with Gasteiger partial charge in [0.05, 0.1) is 6.20 Å². The van der Waals surface area contributed by atoms with Crippen LogP contribution >= 0.6 is 11.3 Å². The summed E-state index contributed by atoms with van der Waals surface area (Å²) in [5.41, 5.74) is 1.17. The van der Waals surface area contributed by atoms with Crippen LogP contribution in [0.4, 0.5) is 19.0 Å². The highest BCUT2D eigenvalue weighted by Crippen LogP contribution is 2.28. The van der Waals surface area contributed by atoms with Gasteiger partial charge < -0.3 is 5.11 Å². The number of aryl methyl sites for hydroxylation is 2. The Kier molecular flexibility index (Phi) is 5.03. The van der Waals surface area contributed by atoms with Crippen LogP contribution in [0.25, 0.3) is 4.83 Å². The minimum Gasteiger partial charge on any atom is -0.836 e. The molecule has 0 unspecified atom stereocenters. The lowest BCUT2D eigenvalue weighted by Gasteiger charge is -2.07. The van der Waals surface area contributed by atoms with Crippen molar-refractivity contribution >= 4 is 27.9 Å². The minimum atomic E-state index is -4.97. The van der Waals surface area contributed by atoms with E-state index in [9.17, 15) is 18.3 Å². The number of nitrogens with zero attached hydrogens (tertiary/aromatic N) is 2. The van der Waals surface area contributed by atoms with Crippen molar-refractivity contribution in [3.63, 3.8) is 0 Å².